The summed E-state index contributed by atoms with van der Waals surface area (Å²) >= 11 is 9.80. The summed E-state index contributed by atoms with van der Waals surface area (Å²) in [7, 11) is 1.69. The molecule has 88 valence electrons. The third-order valence-corrected chi connectivity index (χ3v) is 4.47. The van der Waals surface area contributed by atoms with Crippen molar-refractivity contribution >= 4 is 27.5 Å². The van der Waals surface area contributed by atoms with Gasteiger partial charge in [-0.2, -0.15) is 0 Å². The minimum Gasteiger partial charge on any atom is -0.496 e. The normalized spacial score (nSPS) is 24.7. The summed E-state index contributed by atoms with van der Waals surface area (Å²) in [5, 5.41) is 0.362. The molecule has 1 fully saturated rings. The minimum atomic E-state index is 0.362. The summed E-state index contributed by atoms with van der Waals surface area (Å²) in [6.45, 7) is 0. The molecule has 2 rings (SSSR count). The van der Waals surface area contributed by atoms with E-state index in [-0.39, 0.29) is 0 Å². The number of methoxy groups -OCH3 is 1. The highest BCUT2D eigenvalue weighted by molar-refractivity contribution is 9.10. The average Bonchev–Trinajstić information content (AvgIpc) is 2.65. The van der Waals surface area contributed by atoms with E-state index >= 15 is 0 Å². The van der Waals surface area contributed by atoms with Crippen molar-refractivity contribution in [1.29, 1.82) is 0 Å². The predicted molar refractivity (Wildman–Crippen MR) is 71.4 cm³/mol. The summed E-state index contributed by atoms with van der Waals surface area (Å²) in [5.74, 6) is 1.53. The topological polar surface area (TPSA) is 9.23 Å². The minimum absolute atomic E-state index is 0.362. The van der Waals surface area contributed by atoms with Crippen molar-refractivity contribution in [2.24, 2.45) is 5.92 Å². The second-order valence-corrected chi connectivity index (χ2v) is 5.79. The molecule has 0 radical (unpaired) electrons. The van der Waals surface area contributed by atoms with Gasteiger partial charge in [0.05, 0.1) is 11.6 Å². The molecule has 3 heteroatoms. The number of halogens is 2. The average molecular weight is 304 g/mol. The first kappa shape index (κ1) is 12.3. The van der Waals surface area contributed by atoms with Crippen LogP contribution in [0.4, 0.5) is 0 Å². The molecule has 0 bridgehead atoms. The number of benzene rings is 1. The Hall–Kier alpha value is -0.210. The van der Waals surface area contributed by atoms with Gasteiger partial charge in [-0.1, -0.05) is 12.5 Å². The Morgan fingerprint density at radius 2 is 2.25 bits per heavy atom. The maximum atomic E-state index is 6.29. The van der Waals surface area contributed by atoms with Crippen molar-refractivity contribution in [3.8, 4) is 5.75 Å². The lowest BCUT2D eigenvalue weighted by Crippen LogP contribution is -2.10. The zero-order valence-corrected chi connectivity index (χ0v) is 11.7. The summed E-state index contributed by atoms with van der Waals surface area (Å²) in [5.41, 5.74) is 1.34. The third-order valence-electron chi connectivity index (χ3n) is 3.28. The lowest BCUT2D eigenvalue weighted by molar-refractivity contribution is 0.411. The summed E-state index contributed by atoms with van der Waals surface area (Å²) in [6.07, 6.45) is 4.79. The van der Waals surface area contributed by atoms with Crippen molar-refractivity contribution in [1.82, 2.24) is 0 Å². The van der Waals surface area contributed by atoms with Crippen molar-refractivity contribution < 1.29 is 4.74 Å². The van der Waals surface area contributed by atoms with Crippen molar-refractivity contribution in [3.05, 3.63) is 28.2 Å². The van der Waals surface area contributed by atoms with Crippen LogP contribution < -0.4 is 4.74 Å². The summed E-state index contributed by atoms with van der Waals surface area (Å²) in [4.78, 5) is 0. The lowest BCUT2D eigenvalue weighted by Gasteiger charge is -2.14. The molecule has 1 aromatic carbocycles. The zero-order valence-electron chi connectivity index (χ0n) is 9.38. The van der Waals surface area contributed by atoms with Crippen LogP contribution in [-0.2, 0) is 6.42 Å². The fraction of sp³-hybridized carbons (Fsp3) is 0.538. The smallest absolute Gasteiger partial charge is 0.133 e. The van der Waals surface area contributed by atoms with Crippen LogP contribution in [-0.4, -0.2) is 12.5 Å². The Balaban J connectivity index is 2.07. The van der Waals surface area contributed by atoms with Gasteiger partial charge in [0.1, 0.15) is 5.75 Å². The van der Waals surface area contributed by atoms with Crippen molar-refractivity contribution in [2.45, 2.75) is 31.1 Å². The highest BCUT2D eigenvalue weighted by atomic mass is 79.9. The second-order valence-electron chi connectivity index (χ2n) is 4.38. The fourth-order valence-corrected chi connectivity index (χ4v) is 3.32. The van der Waals surface area contributed by atoms with Gasteiger partial charge in [-0.25, -0.2) is 0 Å². The number of ether oxygens (including phenoxy) is 1. The van der Waals surface area contributed by atoms with Crippen LogP contribution in [0.25, 0.3) is 0 Å². The third kappa shape index (κ3) is 2.72. The Labute approximate surface area is 110 Å². The molecule has 0 aromatic heterocycles. The Kier molecular flexibility index (Phi) is 4.15. The molecule has 0 saturated heterocycles. The molecule has 0 amide bonds. The van der Waals surface area contributed by atoms with Crippen LogP contribution >= 0.6 is 27.5 Å². The van der Waals surface area contributed by atoms with Gasteiger partial charge >= 0.3 is 0 Å². The fourth-order valence-electron chi connectivity index (χ4n) is 2.36. The predicted octanol–water partition coefficient (Wildman–Crippen LogP) is 4.41. The highest BCUT2D eigenvalue weighted by Gasteiger charge is 2.25. The first-order chi connectivity index (χ1) is 7.70. The molecular weight excluding hydrogens is 287 g/mol. The summed E-state index contributed by atoms with van der Waals surface area (Å²) < 4.78 is 6.24. The van der Waals surface area contributed by atoms with E-state index in [2.05, 4.69) is 28.1 Å². The van der Waals surface area contributed by atoms with Crippen LogP contribution in [0.15, 0.2) is 22.7 Å². The largest absolute Gasteiger partial charge is 0.496 e. The second kappa shape index (κ2) is 5.42. The Bertz CT molecular complexity index is 367. The van der Waals surface area contributed by atoms with E-state index in [1.807, 2.05) is 6.07 Å². The van der Waals surface area contributed by atoms with E-state index in [1.54, 1.807) is 7.11 Å². The molecule has 2 unspecified atom stereocenters. The molecule has 0 aliphatic heterocycles. The van der Waals surface area contributed by atoms with Gasteiger partial charge in [0.25, 0.3) is 0 Å². The molecule has 1 saturated carbocycles. The maximum absolute atomic E-state index is 6.29. The van der Waals surface area contributed by atoms with Gasteiger partial charge in [0.2, 0.25) is 0 Å². The van der Waals surface area contributed by atoms with Crippen LogP contribution in [0.2, 0.25) is 0 Å². The highest BCUT2D eigenvalue weighted by Crippen LogP contribution is 2.34. The SMILES string of the molecule is COc1ccc(CC2CCCC2Cl)cc1Br. The number of hydrogen-bond acceptors (Lipinski definition) is 1. The molecule has 0 spiro atoms. The zero-order chi connectivity index (χ0) is 11.5. The van der Waals surface area contributed by atoms with Crippen molar-refractivity contribution in [3.63, 3.8) is 0 Å². The lowest BCUT2D eigenvalue weighted by atomic mass is 9.98. The molecule has 1 aliphatic carbocycles. The van der Waals surface area contributed by atoms with Crippen LogP contribution in [0.5, 0.6) is 5.75 Å². The van der Waals surface area contributed by atoms with Crippen LogP contribution in [0, 0.1) is 5.92 Å². The molecule has 0 heterocycles. The molecule has 1 aromatic rings. The quantitative estimate of drug-likeness (QED) is 0.752. The van der Waals surface area contributed by atoms with Gasteiger partial charge < -0.3 is 4.74 Å². The monoisotopic (exact) mass is 302 g/mol. The van der Waals surface area contributed by atoms with E-state index in [0.29, 0.717) is 11.3 Å². The van der Waals surface area contributed by atoms with Crippen molar-refractivity contribution in [2.75, 3.05) is 7.11 Å². The van der Waals surface area contributed by atoms with E-state index in [1.165, 1.54) is 24.8 Å². The molecule has 0 N–H and O–H groups in total. The maximum Gasteiger partial charge on any atom is 0.133 e. The first-order valence-corrected chi connectivity index (χ1v) is 6.90. The van der Waals surface area contributed by atoms with Gasteiger partial charge in [-0.05, 0) is 58.8 Å². The van der Waals surface area contributed by atoms with E-state index in [9.17, 15) is 0 Å². The Morgan fingerprint density at radius 1 is 1.44 bits per heavy atom. The van der Waals surface area contributed by atoms with Crippen LogP contribution in [0.3, 0.4) is 0 Å². The molecule has 2 atom stereocenters. The molecule has 16 heavy (non-hydrogen) atoms. The van der Waals surface area contributed by atoms with Gasteiger partial charge in [-0.3, -0.25) is 0 Å². The standard InChI is InChI=1S/C13H16BrClO/c1-16-13-6-5-9(8-11(13)14)7-10-3-2-4-12(10)15/h5-6,8,10,12H,2-4,7H2,1H3. The first-order valence-electron chi connectivity index (χ1n) is 5.67. The van der Waals surface area contributed by atoms with Gasteiger partial charge in [-0.15, -0.1) is 11.6 Å². The van der Waals surface area contributed by atoms with E-state index in [0.717, 1.165) is 16.6 Å². The molecule has 1 nitrogen and oxygen atoms in total. The van der Waals surface area contributed by atoms with Gasteiger partial charge in [0, 0.05) is 5.38 Å². The van der Waals surface area contributed by atoms with E-state index in [4.69, 9.17) is 16.3 Å². The Morgan fingerprint density at radius 3 is 2.81 bits per heavy atom. The van der Waals surface area contributed by atoms with Crippen LogP contribution in [0.1, 0.15) is 24.8 Å². The number of alkyl halides is 1. The van der Waals surface area contributed by atoms with Gasteiger partial charge in [0.15, 0.2) is 0 Å². The molecular formula is C13H16BrClO. The number of rotatable bonds is 3. The number of hydrogen-bond donors (Lipinski definition) is 0. The molecule has 1 aliphatic rings. The van der Waals surface area contributed by atoms with E-state index < -0.39 is 0 Å². The summed E-state index contributed by atoms with van der Waals surface area (Å²) in [6, 6.07) is 6.28.